The van der Waals surface area contributed by atoms with Crippen LogP contribution in [0.3, 0.4) is 0 Å². The van der Waals surface area contributed by atoms with Crippen molar-refractivity contribution in [2.45, 2.75) is 25.2 Å². The van der Waals surface area contributed by atoms with Gasteiger partial charge in [-0.3, -0.25) is 9.59 Å². The number of hydrogen-bond acceptors (Lipinski definition) is 3. The molecule has 2 aromatic carbocycles. The highest BCUT2D eigenvalue weighted by atomic mass is 16.5. The lowest BCUT2D eigenvalue weighted by Crippen LogP contribution is -2.30. The zero-order chi connectivity index (χ0) is 17.8. The van der Waals surface area contributed by atoms with Crippen molar-refractivity contribution in [2.75, 3.05) is 13.7 Å². The molecule has 0 aliphatic heterocycles. The fourth-order valence-electron chi connectivity index (χ4n) is 3.33. The van der Waals surface area contributed by atoms with Crippen LogP contribution >= 0.6 is 0 Å². The van der Waals surface area contributed by atoms with Crippen molar-refractivity contribution < 1.29 is 14.3 Å². The standard InChI is InChI=1S/C20H22N2O3/c1-25-17-9-10-18-15(11-17)3-2-4-16(18)12-22-20(24)14-7-5-13(6-8-14)19(21)23/h5-11,16H,2-4,12H2,1H3,(H2,21,23)(H,22,24)/t16-/m0/s1. The minimum absolute atomic E-state index is 0.142. The molecule has 0 heterocycles. The highest BCUT2D eigenvalue weighted by Gasteiger charge is 2.21. The molecule has 3 N–H and O–H groups in total. The van der Waals surface area contributed by atoms with E-state index in [0.717, 1.165) is 25.0 Å². The van der Waals surface area contributed by atoms with Gasteiger partial charge in [-0.1, -0.05) is 6.07 Å². The van der Waals surface area contributed by atoms with E-state index in [-0.39, 0.29) is 5.91 Å². The van der Waals surface area contributed by atoms with Gasteiger partial charge in [0.1, 0.15) is 5.75 Å². The molecule has 0 radical (unpaired) electrons. The Morgan fingerprint density at radius 3 is 2.56 bits per heavy atom. The summed E-state index contributed by atoms with van der Waals surface area (Å²) < 4.78 is 5.30. The number of hydrogen-bond donors (Lipinski definition) is 2. The van der Waals surface area contributed by atoms with Gasteiger partial charge in [-0.2, -0.15) is 0 Å². The van der Waals surface area contributed by atoms with Crippen molar-refractivity contribution in [2.24, 2.45) is 5.73 Å². The van der Waals surface area contributed by atoms with E-state index in [0.29, 0.717) is 23.6 Å². The minimum atomic E-state index is -0.499. The average molecular weight is 338 g/mol. The molecule has 0 aromatic heterocycles. The van der Waals surface area contributed by atoms with Gasteiger partial charge in [0.2, 0.25) is 5.91 Å². The number of ether oxygens (including phenoxy) is 1. The van der Waals surface area contributed by atoms with Crippen molar-refractivity contribution in [3.05, 3.63) is 64.7 Å². The second kappa shape index (κ2) is 7.38. The summed E-state index contributed by atoms with van der Waals surface area (Å²) in [6.07, 6.45) is 3.21. The quantitative estimate of drug-likeness (QED) is 0.879. The number of nitrogens with one attached hydrogen (secondary N) is 1. The number of fused-ring (bicyclic) bond motifs is 1. The second-order valence-corrected chi connectivity index (χ2v) is 6.31. The summed E-state index contributed by atoms with van der Waals surface area (Å²) >= 11 is 0. The molecule has 5 nitrogen and oxygen atoms in total. The van der Waals surface area contributed by atoms with Gasteiger partial charge in [-0.05, 0) is 66.8 Å². The molecule has 3 rings (SSSR count). The Kier molecular flexibility index (Phi) is 5.03. The smallest absolute Gasteiger partial charge is 0.251 e. The highest BCUT2D eigenvalue weighted by Crippen LogP contribution is 2.33. The summed E-state index contributed by atoms with van der Waals surface area (Å²) in [6, 6.07) is 12.5. The molecule has 1 aliphatic carbocycles. The number of methoxy groups -OCH3 is 1. The molecule has 0 unspecified atom stereocenters. The fourth-order valence-corrected chi connectivity index (χ4v) is 3.33. The molecular formula is C20H22N2O3. The summed E-state index contributed by atoms with van der Waals surface area (Å²) in [6.45, 7) is 0.593. The van der Waals surface area contributed by atoms with E-state index in [2.05, 4.69) is 17.4 Å². The summed E-state index contributed by atoms with van der Waals surface area (Å²) in [5.74, 6) is 0.541. The zero-order valence-corrected chi connectivity index (χ0v) is 14.2. The Morgan fingerprint density at radius 1 is 1.16 bits per heavy atom. The number of amides is 2. The SMILES string of the molecule is COc1ccc2c(c1)CCC[C@H]2CNC(=O)c1ccc(C(N)=O)cc1. The molecule has 0 saturated heterocycles. The Morgan fingerprint density at radius 2 is 1.88 bits per heavy atom. The molecule has 0 spiro atoms. The van der Waals surface area contributed by atoms with Crippen LogP contribution in [0.15, 0.2) is 42.5 Å². The maximum absolute atomic E-state index is 12.3. The third-order valence-electron chi connectivity index (χ3n) is 4.73. The molecule has 5 heteroatoms. The lowest BCUT2D eigenvalue weighted by atomic mass is 9.82. The van der Waals surface area contributed by atoms with Crippen LogP contribution in [-0.2, 0) is 6.42 Å². The van der Waals surface area contributed by atoms with Crippen LogP contribution < -0.4 is 15.8 Å². The molecule has 25 heavy (non-hydrogen) atoms. The van der Waals surface area contributed by atoms with E-state index < -0.39 is 5.91 Å². The van der Waals surface area contributed by atoms with E-state index in [1.54, 1.807) is 31.4 Å². The zero-order valence-electron chi connectivity index (χ0n) is 14.2. The van der Waals surface area contributed by atoms with Gasteiger partial charge in [0, 0.05) is 23.6 Å². The lowest BCUT2D eigenvalue weighted by molar-refractivity contribution is 0.0947. The molecule has 2 amide bonds. The number of primary amides is 1. The monoisotopic (exact) mass is 338 g/mol. The largest absolute Gasteiger partial charge is 0.497 e. The molecule has 0 saturated carbocycles. The maximum Gasteiger partial charge on any atom is 0.251 e. The van der Waals surface area contributed by atoms with Crippen LogP contribution in [0.5, 0.6) is 5.75 Å². The van der Waals surface area contributed by atoms with Crippen molar-refractivity contribution >= 4 is 11.8 Å². The van der Waals surface area contributed by atoms with Gasteiger partial charge < -0.3 is 15.8 Å². The highest BCUT2D eigenvalue weighted by molar-refractivity contribution is 5.97. The summed E-state index contributed by atoms with van der Waals surface area (Å²) in [5, 5.41) is 3.00. The molecule has 0 fully saturated rings. The summed E-state index contributed by atoms with van der Waals surface area (Å²) in [4.78, 5) is 23.4. The first-order valence-electron chi connectivity index (χ1n) is 8.43. The van der Waals surface area contributed by atoms with Crippen LogP contribution in [-0.4, -0.2) is 25.5 Å². The van der Waals surface area contributed by atoms with E-state index in [9.17, 15) is 9.59 Å². The van der Waals surface area contributed by atoms with Crippen molar-refractivity contribution in [3.8, 4) is 5.75 Å². The number of rotatable bonds is 5. The van der Waals surface area contributed by atoms with Crippen LogP contribution in [0.4, 0.5) is 0 Å². The van der Waals surface area contributed by atoms with E-state index >= 15 is 0 Å². The van der Waals surface area contributed by atoms with Crippen LogP contribution in [0.25, 0.3) is 0 Å². The third-order valence-corrected chi connectivity index (χ3v) is 4.73. The number of benzene rings is 2. The Labute approximate surface area is 147 Å². The maximum atomic E-state index is 12.3. The van der Waals surface area contributed by atoms with Gasteiger partial charge in [-0.25, -0.2) is 0 Å². The predicted octanol–water partition coefficient (Wildman–Crippen LogP) is 2.64. The third kappa shape index (κ3) is 3.82. The van der Waals surface area contributed by atoms with Crippen molar-refractivity contribution in [1.29, 1.82) is 0 Å². The van der Waals surface area contributed by atoms with Gasteiger partial charge in [0.15, 0.2) is 0 Å². The normalized spacial score (nSPS) is 16.0. The first kappa shape index (κ1) is 17.0. The minimum Gasteiger partial charge on any atom is -0.497 e. The van der Waals surface area contributed by atoms with E-state index in [1.807, 2.05) is 6.07 Å². The molecule has 0 bridgehead atoms. The van der Waals surface area contributed by atoms with E-state index in [4.69, 9.17) is 10.5 Å². The molecule has 130 valence electrons. The van der Waals surface area contributed by atoms with Gasteiger partial charge in [-0.15, -0.1) is 0 Å². The van der Waals surface area contributed by atoms with Gasteiger partial charge in [0.25, 0.3) is 5.91 Å². The van der Waals surface area contributed by atoms with Crippen LogP contribution in [0.1, 0.15) is 50.6 Å². The number of aryl methyl sites for hydroxylation is 1. The first-order chi connectivity index (χ1) is 12.1. The van der Waals surface area contributed by atoms with Crippen LogP contribution in [0, 0.1) is 0 Å². The van der Waals surface area contributed by atoms with E-state index in [1.165, 1.54) is 11.1 Å². The number of carbonyl (C=O) groups excluding carboxylic acids is 2. The molecule has 2 aromatic rings. The molecular weight excluding hydrogens is 316 g/mol. The molecule has 1 aliphatic rings. The lowest BCUT2D eigenvalue weighted by Gasteiger charge is -2.26. The number of nitrogens with two attached hydrogens (primary N) is 1. The van der Waals surface area contributed by atoms with Gasteiger partial charge in [0.05, 0.1) is 7.11 Å². The Balaban J connectivity index is 1.66. The Bertz CT molecular complexity index is 784. The van der Waals surface area contributed by atoms with Crippen LogP contribution in [0.2, 0.25) is 0 Å². The van der Waals surface area contributed by atoms with Crippen molar-refractivity contribution in [1.82, 2.24) is 5.32 Å². The predicted molar refractivity (Wildman–Crippen MR) is 96.0 cm³/mol. The Hall–Kier alpha value is -2.82. The number of carbonyl (C=O) groups is 2. The topological polar surface area (TPSA) is 81.4 Å². The van der Waals surface area contributed by atoms with Crippen molar-refractivity contribution in [3.63, 3.8) is 0 Å². The molecule has 1 atom stereocenters. The summed E-state index contributed by atoms with van der Waals surface area (Å²) in [5.41, 5.74) is 8.72. The summed E-state index contributed by atoms with van der Waals surface area (Å²) in [7, 11) is 1.67. The average Bonchev–Trinajstić information content (AvgIpc) is 2.65. The van der Waals surface area contributed by atoms with Gasteiger partial charge >= 0.3 is 0 Å². The first-order valence-corrected chi connectivity index (χ1v) is 8.43. The second-order valence-electron chi connectivity index (χ2n) is 6.31. The fraction of sp³-hybridized carbons (Fsp3) is 0.300.